The van der Waals surface area contributed by atoms with Gasteiger partial charge in [0.15, 0.2) is 5.11 Å². The van der Waals surface area contributed by atoms with Crippen LogP contribution in [0.15, 0.2) is 48.3 Å². The van der Waals surface area contributed by atoms with Crippen LogP contribution in [0.4, 0.5) is 5.69 Å². The molecule has 0 radical (unpaired) electrons. The third-order valence-electron chi connectivity index (χ3n) is 7.75. The summed E-state index contributed by atoms with van der Waals surface area (Å²) in [5.41, 5.74) is 6.58. The summed E-state index contributed by atoms with van der Waals surface area (Å²) >= 11 is 5.55. The standard InChI is InChI=1S/C30H34N4O2S/c1-5-22-10-8-11-25-23(17-32(28(22)25)18-27(35)33-14-7-6-9-21(33)4)16-26-29(36)34(30(37)31-26)24-13-12-19(2)20(3)15-24/h8,10-13,15-17,21H,5-7,9,14,18H2,1-4H3,(H,31,37)/b26-16-/t21-/m1/s1. The van der Waals surface area contributed by atoms with Crippen LogP contribution in [0, 0.1) is 13.8 Å². The molecule has 1 atom stereocenters. The van der Waals surface area contributed by atoms with Crippen LogP contribution in [0.3, 0.4) is 0 Å². The van der Waals surface area contributed by atoms with Crippen molar-refractivity contribution in [2.45, 2.75) is 66.0 Å². The number of nitrogens with zero attached hydrogens (tertiary/aromatic N) is 3. The van der Waals surface area contributed by atoms with E-state index in [4.69, 9.17) is 12.2 Å². The molecule has 2 fully saturated rings. The van der Waals surface area contributed by atoms with Crippen LogP contribution in [0.5, 0.6) is 0 Å². The number of amides is 2. The summed E-state index contributed by atoms with van der Waals surface area (Å²) in [5.74, 6) is -0.0367. The fourth-order valence-corrected chi connectivity index (χ4v) is 5.78. The molecule has 3 heterocycles. The van der Waals surface area contributed by atoms with Crippen molar-refractivity contribution in [2.75, 3.05) is 11.4 Å². The summed E-state index contributed by atoms with van der Waals surface area (Å²) in [5, 5.41) is 4.51. The number of hydrogen-bond donors (Lipinski definition) is 1. The van der Waals surface area contributed by atoms with Gasteiger partial charge >= 0.3 is 0 Å². The summed E-state index contributed by atoms with van der Waals surface area (Å²) in [7, 11) is 0. The lowest BCUT2D eigenvalue weighted by atomic mass is 10.0. The van der Waals surface area contributed by atoms with Gasteiger partial charge in [-0.25, -0.2) is 0 Å². The van der Waals surface area contributed by atoms with Gasteiger partial charge in [-0.3, -0.25) is 14.5 Å². The third-order valence-corrected chi connectivity index (χ3v) is 8.03. The SMILES string of the molecule is CCc1cccc2c(/C=C3\NC(=S)N(c4ccc(C)c(C)c4)C3=O)cn(CC(=O)N3CCCC[C@H]3C)c12. The first-order valence-corrected chi connectivity index (χ1v) is 13.5. The third kappa shape index (κ3) is 4.68. The van der Waals surface area contributed by atoms with Crippen LogP contribution < -0.4 is 10.2 Å². The predicted octanol–water partition coefficient (Wildman–Crippen LogP) is 5.48. The van der Waals surface area contributed by atoms with Crippen molar-refractivity contribution in [1.29, 1.82) is 0 Å². The van der Waals surface area contributed by atoms with Gasteiger partial charge in [-0.15, -0.1) is 0 Å². The van der Waals surface area contributed by atoms with Gasteiger partial charge in [-0.2, -0.15) is 0 Å². The molecule has 1 aromatic heterocycles. The Morgan fingerprint density at radius 3 is 2.70 bits per heavy atom. The summed E-state index contributed by atoms with van der Waals surface area (Å²) in [6.07, 6.45) is 8.01. The normalized spacial score (nSPS) is 19.2. The van der Waals surface area contributed by atoms with Crippen molar-refractivity contribution >= 4 is 51.8 Å². The van der Waals surface area contributed by atoms with Crippen LogP contribution in [0.1, 0.15) is 55.4 Å². The minimum Gasteiger partial charge on any atom is -0.338 e. The second kappa shape index (κ2) is 10.1. The number of anilines is 1. The average Bonchev–Trinajstić information content (AvgIpc) is 3.37. The van der Waals surface area contributed by atoms with E-state index in [1.807, 2.05) is 55.3 Å². The molecule has 2 saturated heterocycles. The molecule has 2 aliphatic rings. The summed E-state index contributed by atoms with van der Waals surface area (Å²) in [6.45, 7) is 9.44. The number of aromatic nitrogens is 1. The molecular weight excluding hydrogens is 480 g/mol. The lowest BCUT2D eigenvalue weighted by Gasteiger charge is -2.33. The fraction of sp³-hybridized carbons (Fsp3) is 0.367. The van der Waals surface area contributed by atoms with Crippen molar-refractivity contribution in [3.8, 4) is 0 Å². The van der Waals surface area contributed by atoms with Gasteiger partial charge in [0.05, 0.1) is 11.2 Å². The maximum atomic E-state index is 13.4. The first-order valence-electron chi connectivity index (χ1n) is 13.1. The monoisotopic (exact) mass is 514 g/mol. The van der Waals surface area contributed by atoms with Gasteiger partial charge in [-0.1, -0.05) is 31.2 Å². The Labute approximate surface area is 223 Å². The van der Waals surface area contributed by atoms with Gasteiger partial charge in [0, 0.05) is 29.7 Å². The lowest BCUT2D eigenvalue weighted by Crippen LogP contribution is -2.43. The summed E-state index contributed by atoms with van der Waals surface area (Å²) in [6, 6.07) is 12.4. The molecule has 0 unspecified atom stereocenters. The van der Waals surface area contributed by atoms with E-state index in [9.17, 15) is 9.59 Å². The molecule has 3 aromatic rings. The summed E-state index contributed by atoms with van der Waals surface area (Å²) < 4.78 is 2.06. The number of hydrogen-bond acceptors (Lipinski definition) is 3. The van der Waals surface area contributed by atoms with Crippen molar-refractivity contribution in [1.82, 2.24) is 14.8 Å². The van der Waals surface area contributed by atoms with E-state index in [1.54, 1.807) is 4.90 Å². The highest BCUT2D eigenvalue weighted by Crippen LogP contribution is 2.30. The molecule has 0 aliphatic carbocycles. The van der Waals surface area contributed by atoms with Crippen molar-refractivity contribution < 1.29 is 9.59 Å². The second-order valence-electron chi connectivity index (χ2n) is 10.2. The highest BCUT2D eigenvalue weighted by atomic mass is 32.1. The van der Waals surface area contributed by atoms with E-state index in [1.165, 1.54) is 12.0 Å². The molecule has 6 nitrogen and oxygen atoms in total. The van der Waals surface area contributed by atoms with E-state index >= 15 is 0 Å². The molecule has 192 valence electrons. The van der Waals surface area contributed by atoms with Crippen LogP contribution in [-0.4, -0.2) is 39.0 Å². The van der Waals surface area contributed by atoms with Gasteiger partial charge < -0.3 is 14.8 Å². The Kier molecular flexibility index (Phi) is 6.90. The van der Waals surface area contributed by atoms with Crippen LogP contribution >= 0.6 is 12.2 Å². The Morgan fingerprint density at radius 1 is 1.16 bits per heavy atom. The Bertz CT molecular complexity index is 1440. The number of nitrogens with one attached hydrogen (secondary N) is 1. The number of benzene rings is 2. The van der Waals surface area contributed by atoms with Gasteiger partial charge in [0.2, 0.25) is 5.91 Å². The number of carbonyl (C=O) groups excluding carboxylic acids is 2. The molecule has 5 rings (SSSR count). The molecular formula is C30H34N4O2S. The number of piperidine rings is 1. The van der Waals surface area contributed by atoms with Crippen molar-refractivity contribution in [2.24, 2.45) is 0 Å². The number of aryl methyl sites for hydroxylation is 3. The molecule has 0 bridgehead atoms. The molecule has 37 heavy (non-hydrogen) atoms. The highest BCUT2D eigenvalue weighted by Gasteiger charge is 2.32. The highest BCUT2D eigenvalue weighted by molar-refractivity contribution is 7.80. The molecule has 1 N–H and O–H groups in total. The Hall–Kier alpha value is -3.45. The van der Waals surface area contributed by atoms with Gasteiger partial charge in [0.1, 0.15) is 12.2 Å². The average molecular weight is 515 g/mol. The molecule has 2 amide bonds. The fourth-order valence-electron chi connectivity index (χ4n) is 5.49. The zero-order chi connectivity index (χ0) is 26.3. The minimum atomic E-state index is -0.181. The smallest absolute Gasteiger partial charge is 0.281 e. The first kappa shape index (κ1) is 25.2. The minimum absolute atomic E-state index is 0.145. The first-order chi connectivity index (χ1) is 17.8. The maximum absolute atomic E-state index is 13.4. The quantitative estimate of drug-likeness (QED) is 0.362. The number of likely N-dealkylation sites (tertiary alicyclic amines) is 1. The number of fused-ring (bicyclic) bond motifs is 1. The zero-order valence-corrected chi connectivity index (χ0v) is 22.8. The number of rotatable bonds is 5. The number of carbonyl (C=O) groups is 2. The van der Waals surface area contributed by atoms with Crippen LogP contribution in [0.25, 0.3) is 17.0 Å². The zero-order valence-electron chi connectivity index (χ0n) is 22.0. The molecule has 0 saturated carbocycles. The van der Waals surface area contributed by atoms with E-state index in [2.05, 4.69) is 35.9 Å². The van der Waals surface area contributed by atoms with E-state index in [0.717, 1.165) is 59.1 Å². The molecule has 2 aromatic carbocycles. The van der Waals surface area contributed by atoms with E-state index in [0.29, 0.717) is 10.8 Å². The van der Waals surface area contributed by atoms with Crippen molar-refractivity contribution in [3.05, 3.63) is 70.5 Å². The second-order valence-corrected chi connectivity index (χ2v) is 10.6. The number of para-hydroxylation sites is 1. The molecule has 0 spiro atoms. The maximum Gasteiger partial charge on any atom is 0.281 e. The van der Waals surface area contributed by atoms with Crippen LogP contribution in [0.2, 0.25) is 0 Å². The van der Waals surface area contributed by atoms with Crippen molar-refractivity contribution in [3.63, 3.8) is 0 Å². The lowest BCUT2D eigenvalue weighted by molar-refractivity contribution is -0.135. The Morgan fingerprint density at radius 2 is 1.97 bits per heavy atom. The largest absolute Gasteiger partial charge is 0.338 e. The Balaban J connectivity index is 1.51. The van der Waals surface area contributed by atoms with Crippen LogP contribution in [-0.2, 0) is 22.6 Å². The topological polar surface area (TPSA) is 57.6 Å². The molecule has 7 heteroatoms. The van der Waals surface area contributed by atoms with Gasteiger partial charge in [-0.05, 0) is 93.6 Å². The predicted molar refractivity (Wildman–Crippen MR) is 153 cm³/mol. The van der Waals surface area contributed by atoms with E-state index in [-0.39, 0.29) is 24.4 Å². The van der Waals surface area contributed by atoms with Gasteiger partial charge in [0.25, 0.3) is 5.91 Å². The molecule has 2 aliphatic heterocycles. The van der Waals surface area contributed by atoms with E-state index < -0.39 is 0 Å². The number of thiocarbonyl (C=S) groups is 1. The summed E-state index contributed by atoms with van der Waals surface area (Å²) in [4.78, 5) is 30.3.